The molecular weight excluding hydrogens is 295 g/mol. The van der Waals surface area contributed by atoms with Gasteiger partial charge in [-0.15, -0.1) is 12.4 Å². The number of nitrogens with zero attached hydrogens (tertiary/aromatic N) is 1. The highest BCUT2D eigenvalue weighted by Crippen LogP contribution is 2.26. The highest BCUT2D eigenvalue weighted by atomic mass is 35.5. The van der Waals surface area contributed by atoms with Gasteiger partial charge in [0, 0.05) is 23.7 Å². The van der Waals surface area contributed by atoms with Gasteiger partial charge in [-0.2, -0.15) is 0 Å². The maximum absolute atomic E-state index is 6.10. The number of hydrogen-bond acceptors (Lipinski definition) is 3. The third kappa shape index (κ3) is 4.81. The zero-order chi connectivity index (χ0) is 13.7. The Morgan fingerprint density at radius 2 is 2.25 bits per heavy atom. The van der Waals surface area contributed by atoms with Crippen molar-refractivity contribution >= 4 is 24.0 Å². The third-order valence-electron chi connectivity index (χ3n) is 3.58. The molecule has 0 unspecified atom stereocenters. The summed E-state index contributed by atoms with van der Waals surface area (Å²) in [4.78, 5) is 2.43. The molecule has 1 aromatic rings. The molecule has 1 aliphatic rings. The summed E-state index contributed by atoms with van der Waals surface area (Å²) in [5.41, 5.74) is 6.92. The van der Waals surface area contributed by atoms with Gasteiger partial charge in [0.05, 0.1) is 6.61 Å². The van der Waals surface area contributed by atoms with Gasteiger partial charge in [-0.05, 0) is 50.0 Å². The van der Waals surface area contributed by atoms with Crippen molar-refractivity contribution in [1.29, 1.82) is 0 Å². The van der Waals surface area contributed by atoms with Gasteiger partial charge in [0.25, 0.3) is 0 Å². The minimum atomic E-state index is 0. The monoisotopic (exact) mass is 318 g/mol. The summed E-state index contributed by atoms with van der Waals surface area (Å²) in [6, 6.07) is 5.88. The van der Waals surface area contributed by atoms with E-state index in [1.807, 2.05) is 18.2 Å². The average molecular weight is 319 g/mol. The van der Waals surface area contributed by atoms with Gasteiger partial charge in [-0.1, -0.05) is 18.5 Å². The lowest BCUT2D eigenvalue weighted by molar-refractivity contribution is 0.289. The molecule has 2 N–H and O–H groups in total. The van der Waals surface area contributed by atoms with Crippen LogP contribution in [-0.2, 0) is 6.54 Å². The van der Waals surface area contributed by atoms with E-state index in [0.717, 1.165) is 50.0 Å². The Kier molecular flexibility index (Phi) is 7.67. The summed E-state index contributed by atoms with van der Waals surface area (Å²) in [7, 11) is 0. The fourth-order valence-corrected chi connectivity index (χ4v) is 2.71. The number of ether oxygens (including phenoxy) is 1. The van der Waals surface area contributed by atoms with Gasteiger partial charge < -0.3 is 10.5 Å². The molecule has 0 saturated carbocycles. The van der Waals surface area contributed by atoms with Crippen molar-refractivity contribution in [3.63, 3.8) is 0 Å². The first-order chi connectivity index (χ1) is 9.22. The largest absolute Gasteiger partial charge is 0.493 e. The molecule has 1 aromatic carbocycles. The molecule has 1 fully saturated rings. The molecule has 0 amide bonds. The molecule has 0 spiro atoms. The molecule has 0 bridgehead atoms. The molecule has 3 nitrogen and oxygen atoms in total. The maximum atomic E-state index is 6.10. The molecule has 0 aliphatic carbocycles. The van der Waals surface area contributed by atoms with Crippen molar-refractivity contribution in [3.05, 3.63) is 28.8 Å². The fraction of sp³-hybridized carbons (Fsp3) is 0.600. The van der Waals surface area contributed by atoms with Gasteiger partial charge in [-0.25, -0.2) is 0 Å². The SMILES string of the molecule is CCCOc1ccc(Cl)cc1CN1CC[C@@H](CN)C1.Cl. The van der Waals surface area contributed by atoms with Crippen LogP contribution in [0.1, 0.15) is 25.3 Å². The molecule has 1 atom stereocenters. The topological polar surface area (TPSA) is 38.5 Å². The number of likely N-dealkylation sites (tertiary alicyclic amines) is 1. The fourth-order valence-electron chi connectivity index (χ4n) is 2.51. The standard InChI is InChI=1S/C15H23ClN2O.ClH/c1-2-7-19-15-4-3-14(16)8-13(15)11-18-6-5-12(9-17)10-18;/h3-4,8,12H,2,5-7,9-11,17H2,1H3;1H/t12-;/m0./s1. The summed E-state index contributed by atoms with van der Waals surface area (Å²) < 4.78 is 5.79. The Balaban J connectivity index is 0.00000200. The van der Waals surface area contributed by atoms with Crippen LogP contribution in [0.3, 0.4) is 0 Å². The molecule has 1 heterocycles. The van der Waals surface area contributed by atoms with Crippen molar-refractivity contribution in [2.75, 3.05) is 26.2 Å². The third-order valence-corrected chi connectivity index (χ3v) is 3.82. The Labute approximate surface area is 132 Å². The second kappa shape index (κ2) is 8.73. The Bertz CT molecular complexity index is 415. The number of hydrogen-bond donors (Lipinski definition) is 1. The van der Waals surface area contributed by atoms with Crippen LogP contribution in [0.25, 0.3) is 0 Å². The highest BCUT2D eigenvalue weighted by Gasteiger charge is 2.22. The van der Waals surface area contributed by atoms with E-state index >= 15 is 0 Å². The van der Waals surface area contributed by atoms with Gasteiger partial charge in [0.1, 0.15) is 5.75 Å². The van der Waals surface area contributed by atoms with E-state index in [9.17, 15) is 0 Å². The number of nitrogens with two attached hydrogens (primary N) is 1. The molecule has 0 aromatic heterocycles. The van der Waals surface area contributed by atoms with Crippen LogP contribution in [0.2, 0.25) is 5.02 Å². The second-order valence-corrected chi connectivity index (χ2v) is 5.66. The van der Waals surface area contributed by atoms with Crippen LogP contribution in [0.4, 0.5) is 0 Å². The summed E-state index contributed by atoms with van der Waals surface area (Å²) in [5, 5.41) is 0.772. The first-order valence-electron chi connectivity index (χ1n) is 7.06. The van der Waals surface area contributed by atoms with Crippen molar-refractivity contribution in [2.45, 2.75) is 26.3 Å². The molecular formula is C15H24Cl2N2O. The summed E-state index contributed by atoms with van der Waals surface area (Å²) >= 11 is 6.10. The maximum Gasteiger partial charge on any atom is 0.123 e. The molecule has 1 saturated heterocycles. The first kappa shape index (κ1) is 17.6. The van der Waals surface area contributed by atoms with E-state index in [4.69, 9.17) is 22.1 Å². The number of rotatable bonds is 6. The van der Waals surface area contributed by atoms with Crippen LogP contribution in [0.5, 0.6) is 5.75 Å². The van der Waals surface area contributed by atoms with Crippen LogP contribution in [-0.4, -0.2) is 31.1 Å². The number of benzene rings is 1. The van der Waals surface area contributed by atoms with Crippen LogP contribution < -0.4 is 10.5 Å². The zero-order valence-corrected chi connectivity index (χ0v) is 13.6. The molecule has 20 heavy (non-hydrogen) atoms. The Morgan fingerprint density at radius 1 is 1.45 bits per heavy atom. The zero-order valence-electron chi connectivity index (χ0n) is 12.0. The van der Waals surface area contributed by atoms with Crippen LogP contribution in [0.15, 0.2) is 18.2 Å². The van der Waals surface area contributed by atoms with Crippen LogP contribution in [0, 0.1) is 5.92 Å². The Morgan fingerprint density at radius 3 is 2.90 bits per heavy atom. The first-order valence-corrected chi connectivity index (χ1v) is 7.44. The summed E-state index contributed by atoms with van der Waals surface area (Å²) in [5.74, 6) is 1.60. The Hall–Kier alpha value is -0.480. The minimum absolute atomic E-state index is 0. The van der Waals surface area contributed by atoms with E-state index in [-0.39, 0.29) is 12.4 Å². The summed E-state index contributed by atoms with van der Waals surface area (Å²) in [6.07, 6.45) is 2.21. The molecule has 2 rings (SSSR count). The van der Waals surface area contributed by atoms with Crippen molar-refractivity contribution in [3.8, 4) is 5.75 Å². The van der Waals surface area contributed by atoms with Gasteiger partial charge in [0.2, 0.25) is 0 Å². The van der Waals surface area contributed by atoms with E-state index in [1.165, 1.54) is 12.0 Å². The van der Waals surface area contributed by atoms with Crippen molar-refractivity contribution < 1.29 is 4.74 Å². The number of halogens is 2. The van der Waals surface area contributed by atoms with Crippen molar-refractivity contribution in [1.82, 2.24) is 4.90 Å². The molecule has 5 heteroatoms. The van der Waals surface area contributed by atoms with Crippen molar-refractivity contribution in [2.24, 2.45) is 11.7 Å². The highest BCUT2D eigenvalue weighted by molar-refractivity contribution is 6.30. The smallest absolute Gasteiger partial charge is 0.123 e. The lowest BCUT2D eigenvalue weighted by Crippen LogP contribution is -2.23. The molecule has 114 valence electrons. The predicted molar refractivity (Wildman–Crippen MR) is 86.9 cm³/mol. The molecule has 1 aliphatic heterocycles. The van der Waals surface area contributed by atoms with Crippen LogP contribution >= 0.6 is 24.0 Å². The van der Waals surface area contributed by atoms with Gasteiger partial charge in [0.15, 0.2) is 0 Å². The normalized spacial score (nSPS) is 18.9. The van der Waals surface area contributed by atoms with E-state index < -0.39 is 0 Å². The van der Waals surface area contributed by atoms with E-state index in [0.29, 0.717) is 5.92 Å². The van der Waals surface area contributed by atoms with Gasteiger partial charge in [-0.3, -0.25) is 4.90 Å². The minimum Gasteiger partial charge on any atom is -0.493 e. The second-order valence-electron chi connectivity index (χ2n) is 5.23. The quantitative estimate of drug-likeness (QED) is 0.874. The predicted octanol–water partition coefficient (Wildman–Crippen LogP) is 3.33. The van der Waals surface area contributed by atoms with E-state index in [2.05, 4.69) is 11.8 Å². The lowest BCUT2D eigenvalue weighted by Gasteiger charge is -2.18. The van der Waals surface area contributed by atoms with E-state index in [1.54, 1.807) is 0 Å². The van der Waals surface area contributed by atoms with Gasteiger partial charge >= 0.3 is 0 Å². The lowest BCUT2D eigenvalue weighted by atomic mass is 10.1. The summed E-state index contributed by atoms with van der Waals surface area (Å²) in [6.45, 7) is 6.74. The molecule has 0 radical (unpaired) electrons. The average Bonchev–Trinajstić information content (AvgIpc) is 2.85.